The summed E-state index contributed by atoms with van der Waals surface area (Å²) >= 11 is 0. The summed E-state index contributed by atoms with van der Waals surface area (Å²) in [5.74, 6) is 1.60. The molecule has 2 aromatic rings. The van der Waals surface area contributed by atoms with Crippen molar-refractivity contribution in [3.63, 3.8) is 0 Å². The molecule has 2 aromatic carbocycles. The Bertz CT molecular complexity index is 904. The van der Waals surface area contributed by atoms with Crippen LogP contribution in [-0.2, 0) is 4.79 Å². The minimum Gasteiger partial charge on any atom is -0.493 e. The summed E-state index contributed by atoms with van der Waals surface area (Å²) in [6.45, 7) is 8.15. The van der Waals surface area contributed by atoms with Crippen LogP contribution in [0.25, 0.3) is 5.57 Å². The lowest BCUT2D eigenvalue weighted by atomic mass is 9.97. The molecule has 30 heavy (non-hydrogen) atoms. The first kappa shape index (κ1) is 23.3. The molecular formula is C24H31NO5. The van der Waals surface area contributed by atoms with Crippen molar-refractivity contribution in [1.29, 1.82) is 0 Å². The van der Waals surface area contributed by atoms with Crippen molar-refractivity contribution in [2.45, 2.75) is 33.7 Å². The summed E-state index contributed by atoms with van der Waals surface area (Å²) in [6.07, 6.45) is 1.99. The Kier molecular flexibility index (Phi) is 8.30. The third kappa shape index (κ3) is 5.33. The number of benzene rings is 2. The van der Waals surface area contributed by atoms with E-state index in [1.807, 2.05) is 58.0 Å². The lowest BCUT2D eigenvalue weighted by Gasteiger charge is -2.17. The first-order valence-electron chi connectivity index (χ1n) is 9.99. The third-order valence-corrected chi connectivity index (χ3v) is 4.74. The smallest absolute Gasteiger partial charge is 0.328 e. The van der Waals surface area contributed by atoms with E-state index < -0.39 is 12.0 Å². The highest BCUT2D eigenvalue weighted by molar-refractivity contribution is 5.83. The summed E-state index contributed by atoms with van der Waals surface area (Å²) < 4.78 is 22.0. The van der Waals surface area contributed by atoms with E-state index in [0.29, 0.717) is 29.6 Å². The molecule has 6 nitrogen and oxygen atoms in total. The highest BCUT2D eigenvalue weighted by atomic mass is 16.6. The van der Waals surface area contributed by atoms with Crippen molar-refractivity contribution in [2.75, 3.05) is 20.8 Å². The summed E-state index contributed by atoms with van der Waals surface area (Å²) in [7, 11) is 3.14. The van der Waals surface area contributed by atoms with E-state index in [9.17, 15) is 4.79 Å². The van der Waals surface area contributed by atoms with E-state index in [-0.39, 0.29) is 5.92 Å². The zero-order chi connectivity index (χ0) is 22.3. The summed E-state index contributed by atoms with van der Waals surface area (Å²) in [6, 6.07) is 10.5. The van der Waals surface area contributed by atoms with E-state index in [2.05, 4.69) is 0 Å². The number of nitrogens with two attached hydrogens (primary N) is 1. The van der Waals surface area contributed by atoms with Gasteiger partial charge in [-0.15, -0.1) is 0 Å². The molecule has 0 amide bonds. The quantitative estimate of drug-likeness (QED) is 0.483. The average molecular weight is 414 g/mol. The van der Waals surface area contributed by atoms with Crippen LogP contribution in [0.2, 0.25) is 0 Å². The van der Waals surface area contributed by atoms with Crippen LogP contribution in [0.5, 0.6) is 23.0 Å². The molecule has 0 aliphatic carbocycles. The first-order chi connectivity index (χ1) is 14.4. The van der Waals surface area contributed by atoms with Crippen molar-refractivity contribution in [3.05, 3.63) is 53.6 Å². The van der Waals surface area contributed by atoms with Crippen LogP contribution in [0, 0.1) is 5.92 Å². The highest BCUT2D eigenvalue weighted by Gasteiger charge is 2.22. The molecule has 6 heteroatoms. The molecule has 0 radical (unpaired) electrons. The van der Waals surface area contributed by atoms with Gasteiger partial charge in [-0.2, -0.15) is 0 Å². The van der Waals surface area contributed by atoms with Crippen LogP contribution < -0.4 is 24.7 Å². The molecule has 0 aliphatic rings. The fourth-order valence-electron chi connectivity index (χ4n) is 2.99. The van der Waals surface area contributed by atoms with Crippen LogP contribution in [-0.4, -0.2) is 32.8 Å². The molecule has 1 unspecified atom stereocenters. The molecule has 0 saturated carbocycles. The molecule has 2 rings (SSSR count). The fraction of sp³-hybridized carbons (Fsp3) is 0.375. The molecule has 1 atom stereocenters. The minimum atomic E-state index is -0.713. The Balaban J connectivity index is 2.44. The molecule has 0 aromatic heterocycles. The maximum atomic E-state index is 12.4. The van der Waals surface area contributed by atoms with Gasteiger partial charge in [-0.3, -0.25) is 0 Å². The maximum absolute atomic E-state index is 12.4. The lowest BCUT2D eigenvalue weighted by molar-refractivity contribution is -0.136. The second-order valence-corrected chi connectivity index (χ2v) is 7.06. The number of hydrogen-bond acceptors (Lipinski definition) is 6. The number of rotatable bonds is 9. The molecule has 0 heterocycles. The Morgan fingerprint density at radius 2 is 1.50 bits per heavy atom. The standard InChI is InChI=1S/C24H31NO5/c1-7-18(16-9-11-19(27-5)21(13-16)29-8-2)17-10-12-20(28-6)22(14-17)30-24(26)23(25)15(3)4/h7,9-15,23H,8,25H2,1-6H3/b18-7-. The normalized spacial score (nSPS) is 12.5. The van der Waals surface area contributed by atoms with E-state index in [4.69, 9.17) is 24.7 Å². The Labute approximate surface area is 178 Å². The predicted octanol–water partition coefficient (Wildman–Crippen LogP) is 4.44. The number of esters is 1. The molecule has 162 valence electrons. The number of allylic oxidation sites excluding steroid dienone is 1. The van der Waals surface area contributed by atoms with Gasteiger partial charge >= 0.3 is 5.97 Å². The summed E-state index contributed by atoms with van der Waals surface area (Å²) in [4.78, 5) is 12.4. The van der Waals surface area contributed by atoms with Crippen LogP contribution in [0.4, 0.5) is 0 Å². The van der Waals surface area contributed by atoms with Crippen molar-refractivity contribution in [3.8, 4) is 23.0 Å². The largest absolute Gasteiger partial charge is 0.493 e. The Morgan fingerprint density at radius 1 is 0.967 bits per heavy atom. The van der Waals surface area contributed by atoms with Crippen molar-refractivity contribution in [2.24, 2.45) is 11.7 Å². The predicted molar refractivity (Wildman–Crippen MR) is 118 cm³/mol. The maximum Gasteiger partial charge on any atom is 0.328 e. The van der Waals surface area contributed by atoms with Crippen molar-refractivity contribution >= 4 is 11.5 Å². The summed E-state index contributed by atoms with van der Waals surface area (Å²) in [5, 5.41) is 0. The van der Waals surface area contributed by atoms with Gasteiger partial charge in [0.15, 0.2) is 23.0 Å². The van der Waals surface area contributed by atoms with Gasteiger partial charge in [0.1, 0.15) is 6.04 Å². The van der Waals surface area contributed by atoms with Gasteiger partial charge in [0, 0.05) is 0 Å². The van der Waals surface area contributed by atoms with Gasteiger partial charge in [-0.05, 0) is 60.7 Å². The van der Waals surface area contributed by atoms with Gasteiger partial charge in [0.2, 0.25) is 0 Å². The van der Waals surface area contributed by atoms with Crippen LogP contribution in [0.1, 0.15) is 38.8 Å². The van der Waals surface area contributed by atoms with Gasteiger partial charge in [0.25, 0.3) is 0 Å². The molecule has 0 aliphatic heterocycles. The van der Waals surface area contributed by atoms with Crippen molar-refractivity contribution < 1.29 is 23.7 Å². The lowest BCUT2D eigenvalue weighted by Crippen LogP contribution is -2.38. The second-order valence-electron chi connectivity index (χ2n) is 7.06. The number of methoxy groups -OCH3 is 2. The molecular weight excluding hydrogens is 382 g/mol. The number of carbonyl (C=O) groups is 1. The monoisotopic (exact) mass is 413 g/mol. The van der Waals surface area contributed by atoms with E-state index in [0.717, 1.165) is 16.7 Å². The van der Waals surface area contributed by atoms with Gasteiger partial charge in [-0.25, -0.2) is 4.79 Å². The molecule has 0 spiro atoms. The fourth-order valence-corrected chi connectivity index (χ4v) is 2.99. The van der Waals surface area contributed by atoms with Gasteiger partial charge in [-0.1, -0.05) is 32.1 Å². The topological polar surface area (TPSA) is 80.0 Å². The zero-order valence-corrected chi connectivity index (χ0v) is 18.5. The van der Waals surface area contributed by atoms with E-state index in [1.54, 1.807) is 19.2 Å². The van der Waals surface area contributed by atoms with Crippen LogP contribution in [0.15, 0.2) is 42.5 Å². The van der Waals surface area contributed by atoms with E-state index >= 15 is 0 Å². The minimum absolute atomic E-state index is 0.0333. The first-order valence-corrected chi connectivity index (χ1v) is 9.99. The number of hydrogen-bond donors (Lipinski definition) is 1. The molecule has 0 bridgehead atoms. The van der Waals surface area contributed by atoms with E-state index in [1.165, 1.54) is 7.11 Å². The van der Waals surface area contributed by atoms with Crippen LogP contribution in [0.3, 0.4) is 0 Å². The van der Waals surface area contributed by atoms with Crippen molar-refractivity contribution in [1.82, 2.24) is 0 Å². The molecule has 0 fully saturated rings. The molecule has 2 N–H and O–H groups in total. The van der Waals surface area contributed by atoms with Gasteiger partial charge in [0.05, 0.1) is 20.8 Å². The summed E-state index contributed by atoms with van der Waals surface area (Å²) in [5.41, 5.74) is 8.70. The van der Waals surface area contributed by atoms with Crippen LogP contribution >= 0.6 is 0 Å². The third-order valence-electron chi connectivity index (χ3n) is 4.74. The SMILES string of the molecule is C/C=C(/c1ccc(OC)c(OCC)c1)c1ccc(OC)c(OC(=O)C(N)C(C)C)c1. The second kappa shape index (κ2) is 10.7. The Hall–Kier alpha value is -2.99. The number of carbonyl (C=O) groups excluding carboxylic acids is 1. The highest BCUT2D eigenvalue weighted by Crippen LogP contribution is 2.36. The average Bonchev–Trinajstić information content (AvgIpc) is 2.74. The molecule has 0 saturated heterocycles. The zero-order valence-electron chi connectivity index (χ0n) is 18.5. The number of ether oxygens (including phenoxy) is 4. The van der Waals surface area contributed by atoms with Gasteiger partial charge < -0.3 is 24.7 Å². The Morgan fingerprint density at radius 3 is 1.97 bits per heavy atom.